The van der Waals surface area contributed by atoms with E-state index in [0.29, 0.717) is 18.7 Å². The predicted octanol–water partition coefficient (Wildman–Crippen LogP) is 2.83. The van der Waals surface area contributed by atoms with Crippen LogP contribution in [0.3, 0.4) is 0 Å². The Morgan fingerprint density at radius 2 is 1.52 bits per heavy atom. The Morgan fingerprint density at radius 1 is 0.960 bits per heavy atom. The lowest BCUT2D eigenvalue weighted by Crippen LogP contribution is -2.45. The van der Waals surface area contributed by atoms with E-state index in [1.54, 1.807) is 6.92 Å². The Bertz CT molecular complexity index is 749. The number of hydrogen-bond acceptors (Lipinski definition) is 2. The predicted molar refractivity (Wildman–Crippen MR) is 98.0 cm³/mol. The fourth-order valence-corrected chi connectivity index (χ4v) is 3.45. The second-order valence-corrected chi connectivity index (χ2v) is 6.75. The molecule has 1 fully saturated rings. The topological polar surface area (TPSA) is 54.3 Å². The number of amides is 2. The second-order valence-electron chi connectivity index (χ2n) is 6.75. The zero-order valence-electron chi connectivity index (χ0n) is 15.1. The number of benzene rings is 1. The van der Waals surface area contributed by atoms with Gasteiger partial charge in [-0.2, -0.15) is 0 Å². The lowest BCUT2D eigenvalue weighted by Gasteiger charge is -2.31. The number of carbonyl (C=O) groups excluding carboxylic acids is 2. The zero-order valence-corrected chi connectivity index (χ0v) is 15.1. The first-order valence-corrected chi connectivity index (χ1v) is 8.77. The Hall–Kier alpha value is -2.56. The van der Waals surface area contributed by atoms with E-state index in [-0.39, 0.29) is 17.9 Å². The minimum atomic E-state index is -0.0474. The van der Waals surface area contributed by atoms with Crippen LogP contribution in [0.25, 0.3) is 5.69 Å². The molecule has 5 nitrogen and oxygen atoms in total. The third kappa shape index (κ3) is 3.76. The first-order chi connectivity index (χ1) is 12.0. The summed E-state index contributed by atoms with van der Waals surface area (Å²) in [4.78, 5) is 25.7. The van der Waals surface area contributed by atoms with Gasteiger partial charge < -0.3 is 14.8 Å². The van der Waals surface area contributed by atoms with Crippen molar-refractivity contribution in [3.8, 4) is 5.69 Å². The number of piperidine rings is 1. The summed E-state index contributed by atoms with van der Waals surface area (Å²) in [6.45, 7) is 7.16. The monoisotopic (exact) mass is 339 g/mol. The molecule has 1 aliphatic heterocycles. The van der Waals surface area contributed by atoms with Crippen molar-refractivity contribution in [2.24, 2.45) is 0 Å². The van der Waals surface area contributed by atoms with E-state index >= 15 is 0 Å². The molecule has 2 aromatic rings. The number of rotatable bonds is 3. The van der Waals surface area contributed by atoms with Crippen LogP contribution in [-0.2, 0) is 4.79 Å². The van der Waals surface area contributed by atoms with E-state index in [0.717, 1.165) is 18.5 Å². The first-order valence-electron chi connectivity index (χ1n) is 8.77. The number of likely N-dealkylation sites (tertiary alicyclic amines) is 1. The molecule has 0 radical (unpaired) electrons. The van der Waals surface area contributed by atoms with E-state index in [1.165, 1.54) is 11.4 Å². The van der Waals surface area contributed by atoms with E-state index in [1.807, 2.05) is 29.2 Å². The fourth-order valence-electron chi connectivity index (χ4n) is 3.45. The molecule has 1 aromatic carbocycles. The van der Waals surface area contributed by atoms with Crippen molar-refractivity contribution in [1.82, 2.24) is 14.8 Å². The lowest BCUT2D eigenvalue weighted by molar-refractivity contribution is -0.129. The van der Waals surface area contributed by atoms with Gasteiger partial charge in [-0.15, -0.1) is 0 Å². The lowest BCUT2D eigenvalue weighted by atomic mass is 10.0. The maximum Gasteiger partial charge on any atom is 0.251 e. The third-order valence-electron chi connectivity index (χ3n) is 4.93. The van der Waals surface area contributed by atoms with Gasteiger partial charge in [0.1, 0.15) is 0 Å². The van der Waals surface area contributed by atoms with Gasteiger partial charge in [0.2, 0.25) is 5.91 Å². The van der Waals surface area contributed by atoms with E-state index in [2.05, 4.69) is 35.9 Å². The van der Waals surface area contributed by atoms with Gasteiger partial charge in [0.25, 0.3) is 5.91 Å². The van der Waals surface area contributed by atoms with Gasteiger partial charge in [0, 0.05) is 48.7 Å². The minimum absolute atomic E-state index is 0.0474. The molecule has 25 heavy (non-hydrogen) atoms. The average Bonchev–Trinajstić information content (AvgIpc) is 2.94. The summed E-state index contributed by atoms with van der Waals surface area (Å²) in [7, 11) is 0. The van der Waals surface area contributed by atoms with Crippen LogP contribution in [0.5, 0.6) is 0 Å². The van der Waals surface area contributed by atoms with Gasteiger partial charge in [0.15, 0.2) is 0 Å². The highest BCUT2D eigenvalue weighted by atomic mass is 16.2. The number of aryl methyl sites for hydroxylation is 2. The van der Waals surface area contributed by atoms with Crippen molar-refractivity contribution in [2.75, 3.05) is 13.1 Å². The van der Waals surface area contributed by atoms with Crippen LogP contribution in [0.1, 0.15) is 41.5 Å². The molecule has 1 saturated heterocycles. The Morgan fingerprint density at radius 3 is 2.04 bits per heavy atom. The van der Waals surface area contributed by atoms with Crippen molar-refractivity contribution < 1.29 is 9.59 Å². The molecule has 0 unspecified atom stereocenters. The normalized spacial score (nSPS) is 15.2. The van der Waals surface area contributed by atoms with Crippen LogP contribution in [-0.4, -0.2) is 40.4 Å². The molecule has 0 atom stereocenters. The summed E-state index contributed by atoms with van der Waals surface area (Å²) in [5, 5.41) is 3.09. The highest BCUT2D eigenvalue weighted by molar-refractivity contribution is 5.94. The molecule has 0 aliphatic carbocycles. The Balaban J connectivity index is 1.63. The van der Waals surface area contributed by atoms with Crippen molar-refractivity contribution in [2.45, 2.75) is 39.7 Å². The molecule has 2 amide bonds. The minimum Gasteiger partial charge on any atom is -0.349 e. The summed E-state index contributed by atoms with van der Waals surface area (Å²) in [6, 6.07) is 12.0. The largest absolute Gasteiger partial charge is 0.349 e. The maximum atomic E-state index is 12.5. The molecular formula is C20H25N3O2. The van der Waals surface area contributed by atoms with Crippen LogP contribution >= 0.6 is 0 Å². The van der Waals surface area contributed by atoms with Gasteiger partial charge >= 0.3 is 0 Å². The number of carbonyl (C=O) groups is 2. The summed E-state index contributed by atoms with van der Waals surface area (Å²) in [6.07, 6.45) is 1.62. The van der Waals surface area contributed by atoms with Crippen LogP contribution in [0, 0.1) is 13.8 Å². The highest BCUT2D eigenvalue weighted by Crippen LogP contribution is 2.17. The average molecular weight is 339 g/mol. The number of nitrogens with one attached hydrogen (secondary N) is 1. The summed E-state index contributed by atoms with van der Waals surface area (Å²) in [5.41, 5.74) is 4.07. The number of hydrogen-bond donors (Lipinski definition) is 1. The molecule has 0 bridgehead atoms. The van der Waals surface area contributed by atoms with Crippen LogP contribution in [0.4, 0.5) is 0 Å². The molecular weight excluding hydrogens is 314 g/mol. The van der Waals surface area contributed by atoms with Gasteiger partial charge in [-0.25, -0.2) is 0 Å². The van der Waals surface area contributed by atoms with Crippen molar-refractivity contribution >= 4 is 11.8 Å². The quantitative estimate of drug-likeness (QED) is 0.935. The van der Waals surface area contributed by atoms with E-state index < -0.39 is 0 Å². The van der Waals surface area contributed by atoms with E-state index in [4.69, 9.17) is 0 Å². The van der Waals surface area contributed by atoms with Crippen LogP contribution in [0.15, 0.2) is 36.4 Å². The SMILES string of the molecule is CC(=O)N1CCC(NC(=O)c2ccc(-n3c(C)ccc3C)cc2)CC1. The van der Waals surface area contributed by atoms with Gasteiger partial charge in [-0.3, -0.25) is 9.59 Å². The van der Waals surface area contributed by atoms with Gasteiger partial charge in [0.05, 0.1) is 0 Å². The first kappa shape index (κ1) is 17.3. The molecule has 2 heterocycles. The fraction of sp³-hybridized carbons (Fsp3) is 0.400. The van der Waals surface area contributed by atoms with Crippen LogP contribution in [0.2, 0.25) is 0 Å². The summed E-state index contributed by atoms with van der Waals surface area (Å²) >= 11 is 0. The van der Waals surface area contributed by atoms with Crippen molar-refractivity contribution in [1.29, 1.82) is 0 Å². The zero-order chi connectivity index (χ0) is 18.0. The molecule has 0 spiro atoms. The molecule has 1 N–H and O–H groups in total. The summed E-state index contributed by atoms with van der Waals surface area (Å²) < 4.78 is 2.17. The molecule has 5 heteroatoms. The van der Waals surface area contributed by atoms with E-state index in [9.17, 15) is 9.59 Å². The molecule has 1 aromatic heterocycles. The number of nitrogens with zero attached hydrogens (tertiary/aromatic N) is 2. The second kappa shape index (κ2) is 7.13. The van der Waals surface area contributed by atoms with Crippen molar-refractivity contribution in [3.63, 3.8) is 0 Å². The molecule has 1 aliphatic rings. The molecule has 132 valence electrons. The Labute approximate surface area is 148 Å². The van der Waals surface area contributed by atoms with Gasteiger partial charge in [-0.1, -0.05) is 0 Å². The van der Waals surface area contributed by atoms with Crippen molar-refractivity contribution in [3.05, 3.63) is 53.3 Å². The smallest absolute Gasteiger partial charge is 0.251 e. The Kier molecular flexibility index (Phi) is 4.93. The highest BCUT2D eigenvalue weighted by Gasteiger charge is 2.22. The van der Waals surface area contributed by atoms with Crippen LogP contribution < -0.4 is 5.32 Å². The summed E-state index contributed by atoms with van der Waals surface area (Å²) in [5.74, 6) is 0.0599. The standard InChI is InChI=1S/C20H25N3O2/c1-14-4-5-15(2)23(14)19-8-6-17(7-9-19)20(25)21-18-10-12-22(13-11-18)16(3)24/h4-9,18H,10-13H2,1-3H3,(H,21,25). The number of aromatic nitrogens is 1. The third-order valence-corrected chi connectivity index (χ3v) is 4.93. The van der Waals surface area contributed by atoms with Gasteiger partial charge in [-0.05, 0) is 63.1 Å². The maximum absolute atomic E-state index is 12.5. The molecule has 3 rings (SSSR count). The molecule has 0 saturated carbocycles.